The second kappa shape index (κ2) is 13.7. The number of hydrogen-bond acceptors (Lipinski definition) is 5. The van der Waals surface area contributed by atoms with E-state index in [4.69, 9.17) is 4.55 Å². The van der Waals surface area contributed by atoms with E-state index in [0.29, 0.717) is 6.42 Å². The van der Waals surface area contributed by atoms with Crippen molar-refractivity contribution in [3.8, 4) is 0 Å². The molecular formula is C11H21NaO5S2. The maximum Gasteiger partial charge on any atom is 1.00 e. The summed E-state index contributed by atoms with van der Waals surface area (Å²) in [4.78, 5) is 10.1. The molecule has 108 valence electrons. The van der Waals surface area contributed by atoms with E-state index in [2.05, 4.69) is 15.4 Å². The van der Waals surface area contributed by atoms with Gasteiger partial charge in [0.05, 0.1) is 6.61 Å². The summed E-state index contributed by atoms with van der Waals surface area (Å²) in [5.74, 6) is -0.975. The van der Waals surface area contributed by atoms with E-state index < -0.39 is 15.0 Å². The number of carbonyl (C=O) groups is 1. The fraction of sp³-hybridized carbons (Fsp3) is 0.909. The largest absolute Gasteiger partial charge is 1.00 e. The van der Waals surface area contributed by atoms with Gasteiger partial charge in [-0.25, -0.2) is 0 Å². The van der Waals surface area contributed by atoms with Crippen molar-refractivity contribution in [2.75, 3.05) is 6.61 Å². The Kier molecular flexibility index (Phi) is 15.9. The number of carboxylic acid groups (broad SMARTS) is 1. The number of unbranched alkanes of at least 4 members (excludes halogenated alkanes) is 7. The minimum Gasteiger partial charge on any atom is -0.550 e. The molecule has 1 N–H and O–H groups in total. The fourth-order valence-corrected chi connectivity index (χ4v) is 2.13. The van der Waals surface area contributed by atoms with Crippen molar-refractivity contribution >= 4 is 26.2 Å². The fourth-order valence-electron chi connectivity index (χ4n) is 1.60. The van der Waals surface area contributed by atoms with Crippen LogP contribution in [0.1, 0.15) is 57.8 Å². The van der Waals surface area contributed by atoms with E-state index in [1.54, 1.807) is 0 Å². The summed E-state index contributed by atoms with van der Waals surface area (Å²) in [7, 11) is -3.46. The zero-order chi connectivity index (χ0) is 13.9. The Balaban J connectivity index is 0. The van der Waals surface area contributed by atoms with Crippen LogP contribution in [0.4, 0.5) is 0 Å². The Labute approximate surface area is 142 Å². The van der Waals surface area contributed by atoms with E-state index in [1.807, 2.05) is 0 Å². The van der Waals surface area contributed by atoms with Gasteiger partial charge in [0.1, 0.15) is 0 Å². The summed E-state index contributed by atoms with van der Waals surface area (Å²) in [5.41, 5.74) is 0. The molecule has 0 spiro atoms. The van der Waals surface area contributed by atoms with Gasteiger partial charge in [0, 0.05) is 17.2 Å². The maximum atomic E-state index is 10.6. The summed E-state index contributed by atoms with van der Waals surface area (Å²) >= 11 is 4.18. The van der Waals surface area contributed by atoms with Crippen LogP contribution in [0.3, 0.4) is 0 Å². The Morgan fingerprint density at radius 3 is 1.89 bits per heavy atom. The first-order valence-electron chi connectivity index (χ1n) is 6.23. The topological polar surface area (TPSA) is 86.7 Å². The Bertz CT molecular complexity index is 319. The third-order valence-corrected chi connectivity index (χ3v) is 3.26. The first-order chi connectivity index (χ1) is 8.42. The molecular weight excluding hydrogens is 299 g/mol. The summed E-state index contributed by atoms with van der Waals surface area (Å²) in [5, 5.41) is 10.1. The average molecular weight is 320 g/mol. The molecule has 0 bridgehead atoms. The Morgan fingerprint density at radius 1 is 1.05 bits per heavy atom. The van der Waals surface area contributed by atoms with Crippen LogP contribution in [0.2, 0.25) is 0 Å². The first kappa shape index (κ1) is 22.0. The van der Waals surface area contributed by atoms with Crippen molar-refractivity contribution in [3.63, 3.8) is 0 Å². The van der Waals surface area contributed by atoms with Gasteiger partial charge in [-0.1, -0.05) is 38.5 Å². The summed E-state index contributed by atoms with van der Waals surface area (Å²) in [6, 6.07) is 0. The van der Waals surface area contributed by atoms with E-state index in [0.717, 1.165) is 44.9 Å². The van der Waals surface area contributed by atoms with Crippen molar-refractivity contribution in [2.24, 2.45) is 0 Å². The van der Waals surface area contributed by atoms with Crippen molar-refractivity contribution in [3.05, 3.63) is 0 Å². The molecule has 0 aromatic carbocycles. The minimum atomic E-state index is -3.46. The van der Waals surface area contributed by atoms with E-state index >= 15 is 0 Å². The van der Waals surface area contributed by atoms with Crippen molar-refractivity contribution in [1.29, 1.82) is 0 Å². The molecule has 0 saturated heterocycles. The van der Waals surface area contributed by atoms with Gasteiger partial charge in [-0.15, -0.1) is 0 Å². The zero-order valence-corrected chi connectivity index (χ0v) is 15.1. The average Bonchev–Trinajstić information content (AvgIpc) is 2.24. The molecule has 0 aromatic rings. The predicted octanol–water partition coefficient (Wildman–Crippen LogP) is -1.60. The van der Waals surface area contributed by atoms with Crippen LogP contribution >= 0.6 is 0 Å². The second-order valence-electron chi connectivity index (χ2n) is 4.20. The first-order valence-corrected chi connectivity index (χ1v) is 8.60. The zero-order valence-electron chi connectivity index (χ0n) is 11.5. The molecule has 0 aromatic heterocycles. The van der Waals surface area contributed by atoms with Gasteiger partial charge in [0.15, 0.2) is 0 Å². The molecule has 0 rings (SSSR count). The summed E-state index contributed by atoms with van der Waals surface area (Å²) in [6.07, 6.45) is 7.73. The van der Waals surface area contributed by atoms with Gasteiger partial charge in [-0.05, 0) is 19.3 Å². The van der Waals surface area contributed by atoms with Crippen LogP contribution in [-0.2, 0) is 29.2 Å². The van der Waals surface area contributed by atoms with Crippen LogP contribution < -0.4 is 34.7 Å². The van der Waals surface area contributed by atoms with Gasteiger partial charge < -0.3 is 9.90 Å². The molecule has 0 fully saturated rings. The van der Waals surface area contributed by atoms with E-state index in [9.17, 15) is 14.1 Å². The van der Waals surface area contributed by atoms with Crippen LogP contribution in [0.15, 0.2) is 0 Å². The number of carboxylic acids is 1. The van der Waals surface area contributed by atoms with Gasteiger partial charge in [0.2, 0.25) is 0 Å². The number of rotatable bonds is 12. The van der Waals surface area contributed by atoms with Crippen LogP contribution in [-0.4, -0.2) is 21.3 Å². The monoisotopic (exact) mass is 320 g/mol. The standard InChI is InChI=1S/C11H22O5S2.Na/c12-11(13)9-7-5-3-1-2-4-6-8-10-16-18(14,15)17;/h1-10H2,(H,12,13)(H,14,15,17);/q;+1/p-1. The molecule has 19 heavy (non-hydrogen) atoms. The predicted molar refractivity (Wildman–Crippen MR) is 70.6 cm³/mol. The molecule has 0 aliphatic rings. The third kappa shape index (κ3) is 21.2. The van der Waals surface area contributed by atoms with Gasteiger partial charge in [0.25, 0.3) is 9.05 Å². The molecule has 5 nitrogen and oxygen atoms in total. The molecule has 0 aliphatic carbocycles. The maximum absolute atomic E-state index is 10.6. The smallest absolute Gasteiger partial charge is 0.550 e. The third-order valence-electron chi connectivity index (χ3n) is 2.51. The molecule has 1 unspecified atom stereocenters. The molecule has 0 heterocycles. The molecule has 0 saturated carbocycles. The van der Waals surface area contributed by atoms with Crippen LogP contribution in [0.5, 0.6) is 0 Å². The molecule has 0 radical (unpaired) electrons. The van der Waals surface area contributed by atoms with Crippen molar-refractivity contribution < 1.29 is 52.4 Å². The van der Waals surface area contributed by atoms with Gasteiger partial charge in [-0.3, -0.25) is 8.74 Å². The van der Waals surface area contributed by atoms with Crippen molar-refractivity contribution in [1.82, 2.24) is 0 Å². The van der Waals surface area contributed by atoms with Gasteiger partial charge in [-0.2, -0.15) is 4.21 Å². The van der Waals surface area contributed by atoms with E-state index in [1.165, 1.54) is 0 Å². The Hall–Kier alpha value is 0.760. The summed E-state index contributed by atoms with van der Waals surface area (Å²) in [6.45, 7) is 0.227. The molecule has 8 heteroatoms. The quantitative estimate of drug-likeness (QED) is 0.344. The summed E-state index contributed by atoms with van der Waals surface area (Å²) < 4.78 is 23.8. The van der Waals surface area contributed by atoms with Gasteiger partial charge >= 0.3 is 29.6 Å². The van der Waals surface area contributed by atoms with Crippen LogP contribution in [0.25, 0.3) is 0 Å². The number of aliphatic carboxylic acids is 1. The minimum absolute atomic E-state index is 0. The van der Waals surface area contributed by atoms with Crippen LogP contribution in [0, 0.1) is 0 Å². The van der Waals surface area contributed by atoms with E-state index in [-0.39, 0.29) is 42.6 Å². The van der Waals surface area contributed by atoms with Crippen molar-refractivity contribution in [2.45, 2.75) is 57.8 Å². The molecule has 1 atom stereocenters. The SMILES string of the molecule is O=C([O-])CCCCCCCCCCOS(=O)(O)=S.[Na+]. The molecule has 0 aliphatic heterocycles. The molecule has 0 amide bonds. The normalized spacial score (nSPS) is 13.5. The Morgan fingerprint density at radius 2 is 1.47 bits per heavy atom. The second-order valence-corrected chi connectivity index (χ2v) is 6.56. The number of carbonyl (C=O) groups excluding carboxylic acids is 1. The number of hydrogen-bond donors (Lipinski definition) is 1.